The van der Waals surface area contributed by atoms with Crippen LogP contribution in [0.25, 0.3) is 0 Å². The quantitative estimate of drug-likeness (QED) is 0.789. The topological polar surface area (TPSA) is 34.0 Å². The van der Waals surface area contributed by atoms with Crippen LogP contribution in [0.3, 0.4) is 0 Å². The van der Waals surface area contributed by atoms with Gasteiger partial charge < -0.3 is 4.90 Å². The van der Waals surface area contributed by atoms with Crippen LogP contribution in [-0.4, -0.2) is 27.9 Å². The van der Waals surface area contributed by atoms with E-state index in [0.29, 0.717) is 6.04 Å². The van der Waals surface area contributed by atoms with E-state index in [1.807, 2.05) is 30.7 Å². The van der Waals surface area contributed by atoms with E-state index in [4.69, 9.17) is 0 Å². The first kappa shape index (κ1) is 10.3. The summed E-state index contributed by atoms with van der Waals surface area (Å²) in [5.74, 6) is 0. The lowest BCUT2D eigenvalue weighted by Gasteiger charge is -2.33. The fourth-order valence-corrected chi connectivity index (χ4v) is 2.43. The van der Waals surface area contributed by atoms with Gasteiger partial charge in [-0.1, -0.05) is 0 Å². The monoisotopic (exact) mass is 228 g/mol. The second kappa shape index (κ2) is 4.57. The van der Waals surface area contributed by atoms with Crippen molar-refractivity contribution in [3.63, 3.8) is 0 Å². The van der Waals surface area contributed by atoms with Crippen molar-refractivity contribution >= 4 is 5.69 Å². The molecule has 0 unspecified atom stereocenters. The Bertz CT molecular complexity index is 444. The lowest BCUT2D eigenvalue weighted by molar-refractivity contribution is 0.367. The summed E-state index contributed by atoms with van der Waals surface area (Å²) in [6.45, 7) is 2.16. The van der Waals surface area contributed by atoms with Crippen LogP contribution >= 0.6 is 0 Å². The van der Waals surface area contributed by atoms with E-state index in [0.717, 1.165) is 25.9 Å². The molecule has 1 aliphatic rings. The average Bonchev–Trinajstić information content (AvgIpc) is 2.94. The molecule has 0 atom stereocenters. The van der Waals surface area contributed by atoms with Gasteiger partial charge in [0.1, 0.15) is 0 Å². The van der Waals surface area contributed by atoms with Gasteiger partial charge in [0.2, 0.25) is 0 Å². The molecule has 0 saturated carbocycles. The molecule has 0 N–H and O–H groups in total. The average molecular weight is 228 g/mol. The first-order chi connectivity index (χ1) is 8.43. The van der Waals surface area contributed by atoms with Crippen LogP contribution in [0.5, 0.6) is 0 Å². The Morgan fingerprint density at radius 3 is 2.65 bits per heavy atom. The van der Waals surface area contributed by atoms with Crippen molar-refractivity contribution < 1.29 is 0 Å². The molecule has 1 saturated heterocycles. The number of aromatic nitrogens is 3. The molecule has 0 aromatic carbocycles. The zero-order valence-electron chi connectivity index (χ0n) is 9.74. The summed E-state index contributed by atoms with van der Waals surface area (Å²) >= 11 is 0. The molecule has 0 spiro atoms. The molecule has 3 rings (SSSR count). The Balaban J connectivity index is 1.65. The summed E-state index contributed by atoms with van der Waals surface area (Å²) in [6.07, 6.45) is 9.97. The van der Waals surface area contributed by atoms with Gasteiger partial charge in [0.05, 0.1) is 17.9 Å². The highest BCUT2D eigenvalue weighted by atomic mass is 15.3. The molecule has 1 aliphatic heterocycles. The van der Waals surface area contributed by atoms with Crippen LogP contribution in [-0.2, 0) is 0 Å². The van der Waals surface area contributed by atoms with Gasteiger partial charge in [-0.3, -0.25) is 9.67 Å². The van der Waals surface area contributed by atoms with Crippen LogP contribution in [0.2, 0.25) is 0 Å². The molecule has 2 aromatic heterocycles. The van der Waals surface area contributed by atoms with Gasteiger partial charge in [0.15, 0.2) is 0 Å². The second-order valence-electron chi connectivity index (χ2n) is 4.42. The predicted molar refractivity (Wildman–Crippen MR) is 66.9 cm³/mol. The zero-order chi connectivity index (χ0) is 11.5. The van der Waals surface area contributed by atoms with E-state index in [1.54, 1.807) is 0 Å². The minimum absolute atomic E-state index is 0.554. The van der Waals surface area contributed by atoms with Gasteiger partial charge in [0.25, 0.3) is 0 Å². The highest BCUT2D eigenvalue weighted by Gasteiger charge is 2.20. The van der Waals surface area contributed by atoms with E-state index >= 15 is 0 Å². The summed E-state index contributed by atoms with van der Waals surface area (Å²) in [5, 5.41) is 4.32. The molecule has 0 amide bonds. The highest BCUT2D eigenvalue weighted by Crippen LogP contribution is 2.25. The first-order valence-corrected chi connectivity index (χ1v) is 6.07. The number of pyridine rings is 1. The van der Waals surface area contributed by atoms with Crippen molar-refractivity contribution in [2.45, 2.75) is 18.9 Å². The maximum Gasteiger partial charge on any atom is 0.0552 e. The van der Waals surface area contributed by atoms with Crippen molar-refractivity contribution in [2.24, 2.45) is 0 Å². The van der Waals surface area contributed by atoms with Gasteiger partial charge in [-0.15, -0.1) is 0 Å². The Kier molecular flexibility index (Phi) is 2.78. The van der Waals surface area contributed by atoms with E-state index in [1.165, 1.54) is 5.69 Å². The Morgan fingerprint density at radius 2 is 2.00 bits per heavy atom. The van der Waals surface area contributed by atoms with Gasteiger partial charge in [-0.2, -0.15) is 5.10 Å². The van der Waals surface area contributed by atoms with Crippen molar-refractivity contribution in [1.82, 2.24) is 14.8 Å². The van der Waals surface area contributed by atoms with Crippen LogP contribution in [0, 0.1) is 0 Å². The highest BCUT2D eigenvalue weighted by molar-refractivity contribution is 5.43. The van der Waals surface area contributed by atoms with E-state index in [9.17, 15) is 0 Å². The maximum absolute atomic E-state index is 4.32. The third-order valence-corrected chi connectivity index (χ3v) is 3.37. The largest absolute Gasteiger partial charge is 0.370 e. The van der Waals surface area contributed by atoms with E-state index in [2.05, 4.69) is 31.9 Å². The third kappa shape index (κ3) is 2.16. The van der Waals surface area contributed by atoms with Crippen molar-refractivity contribution in [3.05, 3.63) is 43.0 Å². The van der Waals surface area contributed by atoms with Crippen molar-refractivity contribution in [1.29, 1.82) is 0 Å². The van der Waals surface area contributed by atoms with Crippen LogP contribution in [0.15, 0.2) is 43.0 Å². The molecule has 1 fully saturated rings. The smallest absolute Gasteiger partial charge is 0.0552 e. The van der Waals surface area contributed by atoms with Crippen molar-refractivity contribution in [2.75, 3.05) is 18.0 Å². The summed E-state index contributed by atoms with van der Waals surface area (Å²) in [6, 6.07) is 6.67. The normalized spacial score (nSPS) is 17.3. The van der Waals surface area contributed by atoms with Crippen molar-refractivity contribution in [3.8, 4) is 0 Å². The number of hydrogen-bond donors (Lipinski definition) is 0. The van der Waals surface area contributed by atoms with Crippen LogP contribution < -0.4 is 4.90 Å². The number of anilines is 1. The summed E-state index contributed by atoms with van der Waals surface area (Å²) in [4.78, 5) is 6.57. The molecule has 0 aliphatic carbocycles. The summed E-state index contributed by atoms with van der Waals surface area (Å²) < 4.78 is 2.08. The van der Waals surface area contributed by atoms with Crippen LogP contribution in [0.1, 0.15) is 18.9 Å². The minimum Gasteiger partial charge on any atom is -0.370 e. The second-order valence-corrected chi connectivity index (χ2v) is 4.42. The third-order valence-electron chi connectivity index (χ3n) is 3.37. The molecule has 4 heteroatoms. The molecule has 17 heavy (non-hydrogen) atoms. The standard InChI is InChI=1S/C13H16N4/c1-3-13(11-14-6-1)16-9-4-12(5-10-16)17-8-2-7-15-17/h1-3,6-8,11-12H,4-5,9-10H2. The maximum atomic E-state index is 4.32. The molecule has 0 radical (unpaired) electrons. The Morgan fingerprint density at radius 1 is 1.12 bits per heavy atom. The molecule has 88 valence electrons. The van der Waals surface area contributed by atoms with Crippen LogP contribution in [0.4, 0.5) is 5.69 Å². The minimum atomic E-state index is 0.554. The molecule has 3 heterocycles. The number of piperidine rings is 1. The van der Waals surface area contributed by atoms with E-state index < -0.39 is 0 Å². The first-order valence-electron chi connectivity index (χ1n) is 6.07. The van der Waals surface area contributed by atoms with Gasteiger partial charge in [-0.05, 0) is 31.0 Å². The molecular weight excluding hydrogens is 212 g/mol. The summed E-state index contributed by atoms with van der Waals surface area (Å²) in [5.41, 5.74) is 1.23. The van der Waals surface area contributed by atoms with Gasteiger partial charge >= 0.3 is 0 Å². The molecule has 4 nitrogen and oxygen atoms in total. The van der Waals surface area contributed by atoms with E-state index in [-0.39, 0.29) is 0 Å². The molecule has 0 bridgehead atoms. The Hall–Kier alpha value is -1.84. The Labute approximate surface area is 101 Å². The molecular formula is C13H16N4. The SMILES string of the molecule is c1cncc(N2CCC(n3cccn3)CC2)c1. The number of rotatable bonds is 2. The fraction of sp³-hybridized carbons (Fsp3) is 0.385. The zero-order valence-corrected chi connectivity index (χ0v) is 9.74. The number of hydrogen-bond acceptors (Lipinski definition) is 3. The van der Waals surface area contributed by atoms with Gasteiger partial charge in [0, 0.05) is 31.7 Å². The lowest BCUT2D eigenvalue weighted by Crippen LogP contribution is -2.34. The van der Waals surface area contributed by atoms with Gasteiger partial charge in [-0.25, -0.2) is 0 Å². The summed E-state index contributed by atoms with van der Waals surface area (Å²) in [7, 11) is 0. The lowest BCUT2D eigenvalue weighted by atomic mass is 10.0. The fourth-order valence-electron chi connectivity index (χ4n) is 2.43. The predicted octanol–water partition coefficient (Wildman–Crippen LogP) is 2.12. The number of nitrogens with zero attached hydrogens (tertiary/aromatic N) is 4. The molecule has 2 aromatic rings.